The Morgan fingerprint density at radius 2 is 1.96 bits per heavy atom. The Kier molecular flexibility index (Phi) is 7.39. The van der Waals surface area contributed by atoms with Gasteiger partial charge in [-0.15, -0.1) is 11.3 Å². The van der Waals surface area contributed by atoms with Gasteiger partial charge in [-0.05, 0) is 37.7 Å². The third-order valence-electron chi connectivity index (χ3n) is 3.85. The van der Waals surface area contributed by atoms with Crippen molar-refractivity contribution in [3.05, 3.63) is 16.0 Å². The fraction of sp³-hybridized carbons (Fsp3) is 0.588. The molecule has 1 aromatic heterocycles. The Labute approximate surface area is 151 Å². The lowest BCUT2D eigenvalue weighted by Gasteiger charge is -2.12. The van der Waals surface area contributed by atoms with Crippen LogP contribution in [0.2, 0.25) is 0 Å². The molecule has 0 bridgehead atoms. The summed E-state index contributed by atoms with van der Waals surface area (Å²) in [6.07, 6.45) is 4.47. The predicted octanol–water partition coefficient (Wildman–Crippen LogP) is 1.89. The number of aryl methyl sites for hydroxylation is 1. The van der Waals surface area contributed by atoms with Gasteiger partial charge in [0.05, 0.1) is 5.56 Å². The van der Waals surface area contributed by atoms with Crippen LogP contribution in [0, 0.1) is 0 Å². The molecule has 0 aromatic carbocycles. The van der Waals surface area contributed by atoms with Crippen LogP contribution in [-0.4, -0.2) is 44.7 Å². The summed E-state index contributed by atoms with van der Waals surface area (Å²) in [5.41, 5.74) is 1.35. The van der Waals surface area contributed by atoms with Gasteiger partial charge in [0.25, 0.3) is 5.91 Å². The highest BCUT2D eigenvalue weighted by atomic mass is 32.1. The summed E-state index contributed by atoms with van der Waals surface area (Å²) in [5.74, 6) is -1.15. The van der Waals surface area contributed by atoms with Crippen LogP contribution in [0.3, 0.4) is 0 Å². The summed E-state index contributed by atoms with van der Waals surface area (Å²) in [4.78, 5) is 36.8. The number of hydrogen-bond donors (Lipinski definition) is 2. The van der Waals surface area contributed by atoms with Crippen molar-refractivity contribution >= 4 is 34.1 Å². The molecule has 1 aliphatic rings. The molecule has 1 aliphatic carbocycles. The van der Waals surface area contributed by atoms with E-state index >= 15 is 0 Å². The summed E-state index contributed by atoms with van der Waals surface area (Å²) in [7, 11) is 1.60. The minimum Gasteiger partial charge on any atom is -0.452 e. The summed E-state index contributed by atoms with van der Waals surface area (Å²) < 4.78 is 10.1. The second-order valence-corrected chi connectivity index (χ2v) is 6.97. The molecule has 0 aliphatic heterocycles. The third-order valence-corrected chi connectivity index (χ3v) is 5.05. The van der Waals surface area contributed by atoms with Crippen LogP contribution >= 0.6 is 11.3 Å². The molecule has 2 amide bonds. The lowest BCUT2D eigenvalue weighted by atomic mass is 9.95. The SMILES string of the molecule is COCCCNC(=O)COC(=O)c1c(NC(C)=O)sc2c1CCCC2. The van der Waals surface area contributed by atoms with Gasteiger partial charge in [0.15, 0.2) is 6.61 Å². The van der Waals surface area contributed by atoms with Crippen molar-refractivity contribution in [1.29, 1.82) is 0 Å². The van der Waals surface area contributed by atoms with Crippen LogP contribution in [0.4, 0.5) is 5.00 Å². The van der Waals surface area contributed by atoms with Gasteiger partial charge in [0.2, 0.25) is 5.91 Å². The number of anilines is 1. The zero-order valence-corrected chi connectivity index (χ0v) is 15.4. The Balaban J connectivity index is 1.99. The largest absolute Gasteiger partial charge is 0.452 e. The van der Waals surface area contributed by atoms with E-state index in [0.29, 0.717) is 30.1 Å². The number of methoxy groups -OCH3 is 1. The van der Waals surface area contributed by atoms with Crippen molar-refractivity contribution in [2.45, 2.75) is 39.0 Å². The van der Waals surface area contributed by atoms with Gasteiger partial charge in [0.1, 0.15) is 5.00 Å². The van der Waals surface area contributed by atoms with Crippen LogP contribution in [0.1, 0.15) is 47.0 Å². The van der Waals surface area contributed by atoms with Crippen molar-refractivity contribution < 1.29 is 23.9 Å². The number of carbonyl (C=O) groups excluding carboxylic acids is 3. The van der Waals surface area contributed by atoms with E-state index in [1.807, 2.05) is 0 Å². The van der Waals surface area contributed by atoms with Crippen molar-refractivity contribution in [3.8, 4) is 0 Å². The van der Waals surface area contributed by atoms with Crippen molar-refractivity contribution in [3.63, 3.8) is 0 Å². The molecule has 0 spiro atoms. The monoisotopic (exact) mass is 368 g/mol. The maximum Gasteiger partial charge on any atom is 0.341 e. The van der Waals surface area contributed by atoms with Crippen molar-refractivity contribution in [2.24, 2.45) is 0 Å². The van der Waals surface area contributed by atoms with Gasteiger partial charge in [-0.3, -0.25) is 9.59 Å². The molecular formula is C17H24N2O5S. The van der Waals surface area contributed by atoms with E-state index in [4.69, 9.17) is 9.47 Å². The second-order valence-electron chi connectivity index (χ2n) is 5.87. The van der Waals surface area contributed by atoms with E-state index in [9.17, 15) is 14.4 Å². The first kappa shape index (κ1) is 19.4. The number of carbonyl (C=O) groups is 3. The fourth-order valence-corrected chi connectivity index (χ4v) is 4.05. The maximum atomic E-state index is 12.5. The van der Waals surface area contributed by atoms with E-state index in [1.165, 1.54) is 18.3 Å². The van der Waals surface area contributed by atoms with E-state index < -0.39 is 5.97 Å². The average molecular weight is 368 g/mol. The first-order valence-corrected chi connectivity index (χ1v) is 9.19. The minimum atomic E-state index is -0.560. The molecule has 0 radical (unpaired) electrons. The summed E-state index contributed by atoms with van der Waals surface area (Å²) in [5, 5.41) is 5.89. The summed E-state index contributed by atoms with van der Waals surface area (Å²) >= 11 is 1.42. The Morgan fingerprint density at radius 1 is 1.20 bits per heavy atom. The molecule has 8 heteroatoms. The first-order chi connectivity index (χ1) is 12.0. The van der Waals surface area contributed by atoms with E-state index in [-0.39, 0.29) is 18.4 Å². The molecule has 0 saturated carbocycles. The molecule has 0 unspecified atom stereocenters. The Morgan fingerprint density at radius 3 is 2.68 bits per heavy atom. The number of ether oxygens (including phenoxy) is 2. The Hall–Kier alpha value is -1.93. The lowest BCUT2D eigenvalue weighted by Crippen LogP contribution is -2.30. The number of fused-ring (bicyclic) bond motifs is 1. The van der Waals surface area contributed by atoms with Crippen LogP contribution in [0.5, 0.6) is 0 Å². The molecule has 25 heavy (non-hydrogen) atoms. The number of amides is 2. The molecule has 0 atom stereocenters. The van der Waals surface area contributed by atoms with Gasteiger partial charge in [-0.2, -0.15) is 0 Å². The second kappa shape index (κ2) is 9.53. The van der Waals surface area contributed by atoms with Crippen molar-refractivity contribution in [2.75, 3.05) is 32.2 Å². The van der Waals surface area contributed by atoms with E-state index in [2.05, 4.69) is 10.6 Å². The summed E-state index contributed by atoms with van der Waals surface area (Å²) in [6, 6.07) is 0. The number of hydrogen-bond acceptors (Lipinski definition) is 6. The van der Waals surface area contributed by atoms with Gasteiger partial charge < -0.3 is 20.1 Å². The highest BCUT2D eigenvalue weighted by Crippen LogP contribution is 2.38. The highest BCUT2D eigenvalue weighted by molar-refractivity contribution is 7.17. The van der Waals surface area contributed by atoms with Crippen LogP contribution in [0.15, 0.2) is 0 Å². The zero-order chi connectivity index (χ0) is 18.2. The van der Waals surface area contributed by atoms with Crippen molar-refractivity contribution in [1.82, 2.24) is 5.32 Å². The van der Waals surface area contributed by atoms with Gasteiger partial charge in [-0.1, -0.05) is 0 Å². The molecule has 7 nitrogen and oxygen atoms in total. The Bertz CT molecular complexity index is 641. The van der Waals surface area contributed by atoms with Gasteiger partial charge >= 0.3 is 5.97 Å². The third kappa shape index (κ3) is 5.54. The quantitative estimate of drug-likeness (QED) is 0.540. The molecule has 1 heterocycles. The van der Waals surface area contributed by atoms with Crippen LogP contribution < -0.4 is 10.6 Å². The lowest BCUT2D eigenvalue weighted by molar-refractivity contribution is -0.124. The average Bonchev–Trinajstić information content (AvgIpc) is 2.93. The van der Waals surface area contributed by atoms with E-state index in [0.717, 1.165) is 36.1 Å². The molecule has 138 valence electrons. The van der Waals surface area contributed by atoms with Gasteiger partial charge in [0, 0.05) is 32.1 Å². The molecule has 2 N–H and O–H groups in total. The van der Waals surface area contributed by atoms with Crippen LogP contribution in [-0.2, 0) is 31.9 Å². The fourth-order valence-electron chi connectivity index (χ4n) is 2.73. The number of esters is 1. The molecule has 0 saturated heterocycles. The minimum absolute atomic E-state index is 0.233. The first-order valence-electron chi connectivity index (χ1n) is 8.37. The topological polar surface area (TPSA) is 93.7 Å². The van der Waals surface area contributed by atoms with Crippen LogP contribution in [0.25, 0.3) is 0 Å². The maximum absolute atomic E-state index is 12.5. The number of rotatable bonds is 8. The standard InChI is InChI=1S/C17H24N2O5S/c1-11(20)19-16-15(12-6-3-4-7-13(12)25-16)17(22)24-10-14(21)18-8-5-9-23-2/h3-10H2,1-2H3,(H,18,21)(H,19,20). The van der Waals surface area contributed by atoms with E-state index in [1.54, 1.807) is 7.11 Å². The highest BCUT2D eigenvalue weighted by Gasteiger charge is 2.27. The summed E-state index contributed by atoms with van der Waals surface area (Å²) in [6.45, 7) is 2.09. The zero-order valence-electron chi connectivity index (χ0n) is 14.6. The molecular weight excluding hydrogens is 344 g/mol. The number of thiophene rings is 1. The molecule has 0 fully saturated rings. The number of nitrogens with one attached hydrogen (secondary N) is 2. The smallest absolute Gasteiger partial charge is 0.341 e. The molecule has 1 aromatic rings. The normalized spacial score (nSPS) is 13.0. The molecule has 2 rings (SSSR count). The predicted molar refractivity (Wildman–Crippen MR) is 95.0 cm³/mol. The van der Waals surface area contributed by atoms with Gasteiger partial charge in [-0.25, -0.2) is 4.79 Å².